The van der Waals surface area contributed by atoms with E-state index in [9.17, 15) is 18.0 Å². The van der Waals surface area contributed by atoms with Crippen LogP contribution in [0, 0.1) is 5.92 Å². The Balaban J connectivity index is 1.43. The van der Waals surface area contributed by atoms with E-state index < -0.39 is 10.0 Å². The summed E-state index contributed by atoms with van der Waals surface area (Å²) < 4.78 is 38.3. The van der Waals surface area contributed by atoms with Crippen LogP contribution in [-0.2, 0) is 14.8 Å². The van der Waals surface area contributed by atoms with Gasteiger partial charge in [-0.3, -0.25) is 9.59 Å². The molecule has 0 atom stereocenters. The Hall–Kier alpha value is -2.89. The van der Waals surface area contributed by atoms with Gasteiger partial charge in [-0.05, 0) is 50.2 Å². The number of likely N-dealkylation sites (N-methyl/N-ethyl adjacent to an activating group) is 1. The first-order valence-electron chi connectivity index (χ1n) is 11.3. The van der Waals surface area contributed by atoms with Crippen LogP contribution in [0.3, 0.4) is 0 Å². The van der Waals surface area contributed by atoms with Crippen molar-refractivity contribution in [3.63, 3.8) is 0 Å². The third kappa shape index (κ3) is 5.11. The number of piperazine rings is 1. The molecule has 184 valence electrons. The highest BCUT2D eigenvalue weighted by atomic mass is 32.2. The number of amides is 2. The van der Waals surface area contributed by atoms with E-state index in [1.165, 1.54) is 29.8 Å². The summed E-state index contributed by atoms with van der Waals surface area (Å²) in [6.07, 6.45) is 2.46. The molecule has 1 aromatic heterocycles. The van der Waals surface area contributed by atoms with Gasteiger partial charge in [0.15, 0.2) is 5.76 Å². The first-order chi connectivity index (χ1) is 16.3. The van der Waals surface area contributed by atoms with Crippen molar-refractivity contribution in [2.45, 2.75) is 17.7 Å². The van der Waals surface area contributed by atoms with E-state index in [-0.39, 0.29) is 28.4 Å². The number of benzene rings is 1. The van der Waals surface area contributed by atoms with Crippen LogP contribution in [0.5, 0.6) is 5.75 Å². The summed E-state index contributed by atoms with van der Waals surface area (Å²) in [6, 6.07) is 7.81. The number of ether oxygens (including phenoxy) is 1. The molecule has 0 radical (unpaired) electrons. The van der Waals surface area contributed by atoms with Gasteiger partial charge >= 0.3 is 0 Å². The first-order valence-corrected chi connectivity index (χ1v) is 12.7. The summed E-state index contributed by atoms with van der Waals surface area (Å²) in [4.78, 5) is 29.3. The first kappa shape index (κ1) is 24.2. The molecule has 10 nitrogen and oxygen atoms in total. The highest BCUT2D eigenvalue weighted by molar-refractivity contribution is 7.89. The van der Waals surface area contributed by atoms with Crippen molar-refractivity contribution < 1.29 is 27.2 Å². The standard InChI is InChI=1S/C23H30N4O6S/c1-25-11-13-27(14-12-25)34(30,31)18-5-6-20(32-2)19(16-18)24-22(28)17-7-9-26(10-8-17)23(29)21-4-3-15-33-21/h3-6,15-17H,7-14H2,1-2H3,(H,24,28). The second kappa shape index (κ2) is 10.2. The van der Waals surface area contributed by atoms with Crippen molar-refractivity contribution in [2.24, 2.45) is 5.92 Å². The van der Waals surface area contributed by atoms with Crippen LogP contribution in [0.25, 0.3) is 0 Å². The molecule has 2 aliphatic heterocycles. The summed E-state index contributed by atoms with van der Waals surface area (Å²) in [5.74, 6) is -0.0461. The van der Waals surface area contributed by atoms with Crippen LogP contribution < -0.4 is 10.1 Å². The van der Waals surface area contributed by atoms with E-state index in [1.54, 1.807) is 23.1 Å². The molecule has 0 bridgehead atoms. The smallest absolute Gasteiger partial charge is 0.289 e. The molecule has 0 saturated carbocycles. The zero-order valence-electron chi connectivity index (χ0n) is 19.4. The summed E-state index contributed by atoms with van der Waals surface area (Å²) >= 11 is 0. The molecule has 1 aromatic carbocycles. The maximum atomic E-state index is 13.1. The summed E-state index contributed by atoms with van der Waals surface area (Å²) in [7, 11) is -0.254. The summed E-state index contributed by atoms with van der Waals surface area (Å²) in [5.41, 5.74) is 0.316. The Morgan fingerprint density at radius 3 is 2.38 bits per heavy atom. The fourth-order valence-corrected chi connectivity index (χ4v) is 5.71. The zero-order chi connectivity index (χ0) is 24.3. The van der Waals surface area contributed by atoms with Crippen molar-refractivity contribution in [1.29, 1.82) is 0 Å². The van der Waals surface area contributed by atoms with Gasteiger partial charge in [0, 0.05) is 45.2 Å². The van der Waals surface area contributed by atoms with Crippen LogP contribution in [0.1, 0.15) is 23.4 Å². The Morgan fingerprint density at radius 2 is 1.76 bits per heavy atom. The van der Waals surface area contributed by atoms with Crippen LogP contribution in [0.15, 0.2) is 45.9 Å². The molecule has 0 aliphatic carbocycles. The number of methoxy groups -OCH3 is 1. The monoisotopic (exact) mass is 490 g/mol. The summed E-state index contributed by atoms with van der Waals surface area (Å²) in [6.45, 7) is 3.04. The number of carbonyl (C=O) groups excluding carboxylic acids is 2. The third-order valence-electron chi connectivity index (χ3n) is 6.41. The molecule has 11 heteroatoms. The van der Waals surface area contributed by atoms with Crippen LogP contribution in [0.2, 0.25) is 0 Å². The molecule has 4 rings (SSSR count). The van der Waals surface area contributed by atoms with Gasteiger partial charge in [-0.1, -0.05) is 0 Å². The average molecular weight is 491 g/mol. The number of carbonyl (C=O) groups is 2. The minimum absolute atomic E-state index is 0.118. The molecule has 2 amide bonds. The number of sulfonamides is 1. The fraction of sp³-hybridized carbons (Fsp3) is 0.478. The highest BCUT2D eigenvalue weighted by Crippen LogP contribution is 2.31. The lowest BCUT2D eigenvalue weighted by Gasteiger charge is -2.32. The molecule has 2 saturated heterocycles. The van der Waals surface area contributed by atoms with Gasteiger partial charge in [-0.15, -0.1) is 0 Å². The normalized spacial score (nSPS) is 18.6. The number of likely N-dealkylation sites (tertiary alicyclic amines) is 1. The van der Waals surface area contributed by atoms with Gasteiger partial charge in [0.1, 0.15) is 5.75 Å². The van der Waals surface area contributed by atoms with E-state index in [0.29, 0.717) is 63.5 Å². The lowest BCUT2D eigenvalue weighted by atomic mass is 9.95. The zero-order valence-corrected chi connectivity index (χ0v) is 20.2. The molecule has 0 spiro atoms. The molecule has 3 heterocycles. The topological polar surface area (TPSA) is 112 Å². The third-order valence-corrected chi connectivity index (χ3v) is 8.31. The predicted octanol–water partition coefficient (Wildman–Crippen LogP) is 1.72. The number of piperidine rings is 1. The number of hydrogen-bond donors (Lipinski definition) is 1. The minimum atomic E-state index is -3.69. The van der Waals surface area contributed by atoms with Crippen molar-refractivity contribution in [1.82, 2.24) is 14.1 Å². The number of hydrogen-bond acceptors (Lipinski definition) is 7. The number of furan rings is 1. The van der Waals surface area contributed by atoms with E-state index in [4.69, 9.17) is 9.15 Å². The van der Waals surface area contributed by atoms with Gasteiger partial charge in [0.05, 0.1) is 24.0 Å². The number of anilines is 1. The molecule has 0 unspecified atom stereocenters. The maximum absolute atomic E-state index is 13.1. The van der Waals surface area contributed by atoms with Gasteiger partial charge in [0.25, 0.3) is 5.91 Å². The highest BCUT2D eigenvalue weighted by Gasteiger charge is 2.31. The van der Waals surface area contributed by atoms with Crippen molar-refractivity contribution in [3.05, 3.63) is 42.4 Å². The molecule has 2 aliphatic rings. The molecular formula is C23H30N4O6S. The Labute approximate surface area is 199 Å². The average Bonchev–Trinajstić information content (AvgIpc) is 3.39. The maximum Gasteiger partial charge on any atom is 0.289 e. The van der Waals surface area contributed by atoms with Crippen LogP contribution in [0.4, 0.5) is 5.69 Å². The van der Waals surface area contributed by atoms with Crippen molar-refractivity contribution in [3.8, 4) is 5.75 Å². The predicted molar refractivity (Wildman–Crippen MR) is 125 cm³/mol. The molecule has 34 heavy (non-hydrogen) atoms. The summed E-state index contributed by atoms with van der Waals surface area (Å²) in [5, 5.41) is 2.85. The fourth-order valence-electron chi connectivity index (χ4n) is 4.26. The Morgan fingerprint density at radius 1 is 1.06 bits per heavy atom. The molecule has 1 N–H and O–H groups in total. The quantitative estimate of drug-likeness (QED) is 0.656. The number of rotatable bonds is 6. The van der Waals surface area contributed by atoms with Crippen molar-refractivity contribution in [2.75, 3.05) is 58.7 Å². The second-order valence-electron chi connectivity index (χ2n) is 8.60. The van der Waals surface area contributed by atoms with Crippen molar-refractivity contribution >= 4 is 27.5 Å². The van der Waals surface area contributed by atoms with Gasteiger partial charge in [-0.25, -0.2) is 8.42 Å². The number of nitrogens with one attached hydrogen (secondary N) is 1. The van der Waals surface area contributed by atoms with Gasteiger partial charge in [-0.2, -0.15) is 4.31 Å². The Kier molecular flexibility index (Phi) is 7.24. The van der Waals surface area contributed by atoms with E-state index in [1.807, 2.05) is 7.05 Å². The largest absolute Gasteiger partial charge is 0.495 e. The van der Waals surface area contributed by atoms with Crippen LogP contribution >= 0.6 is 0 Å². The van der Waals surface area contributed by atoms with Gasteiger partial charge < -0.3 is 24.3 Å². The molecule has 2 fully saturated rings. The minimum Gasteiger partial charge on any atom is -0.495 e. The van der Waals surface area contributed by atoms with Crippen LogP contribution in [-0.4, -0.2) is 87.8 Å². The van der Waals surface area contributed by atoms with E-state index in [0.717, 1.165) is 0 Å². The molecular weight excluding hydrogens is 460 g/mol. The van der Waals surface area contributed by atoms with E-state index >= 15 is 0 Å². The number of nitrogens with zero attached hydrogens (tertiary/aromatic N) is 3. The van der Waals surface area contributed by atoms with E-state index in [2.05, 4.69) is 10.2 Å². The lowest BCUT2D eigenvalue weighted by molar-refractivity contribution is -0.121. The second-order valence-corrected chi connectivity index (χ2v) is 10.5. The SMILES string of the molecule is COc1ccc(S(=O)(=O)N2CCN(C)CC2)cc1NC(=O)C1CCN(C(=O)c2ccco2)CC1. The van der Waals surface area contributed by atoms with Gasteiger partial charge in [0.2, 0.25) is 15.9 Å². The Bertz CT molecular complexity index is 1120. The molecule has 2 aromatic rings. The lowest BCUT2D eigenvalue weighted by Crippen LogP contribution is -2.47.